The molecule has 30 heavy (non-hydrogen) atoms. The molecule has 0 atom stereocenters. The second kappa shape index (κ2) is 7.75. The van der Waals surface area contributed by atoms with Crippen LogP contribution in [0.4, 0.5) is 5.69 Å². The van der Waals surface area contributed by atoms with Crippen molar-refractivity contribution < 1.29 is 19.3 Å². The van der Waals surface area contributed by atoms with Crippen LogP contribution in [0, 0.1) is 0 Å². The van der Waals surface area contributed by atoms with Crippen molar-refractivity contribution in [2.24, 2.45) is 4.99 Å². The molecular formula is C25H25NO4. The van der Waals surface area contributed by atoms with Crippen LogP contribution in [-0.2, 0) is 0 Å². The largest absolute Gasteiger partial charge is 0.504 e. The van der Waals surface area contributed by atoms with Crippen LogP contribution in [0.1, 0.15) is 36.5 Å². The highest BCUT2D eigenvalue weighted by Crippen LogP contribution is 2.48. The van der Waals surface area contributed by atoms with Crippen LogP contribution in [0.25, 0.3) is 11.1 Å². The Morgan fingerprint density at radius 3 is 1.90 bits per heavy atom. The average Bonchev–Trinajstić information content (AvgIpc) is 3.06. The van der Waals surface area contributed by atoms with Crippen molar-refractivity contribution in [1.82, 2.24) is 0 Å². The van der Waals surface area contributed by atoms with E-state index in [1.807, 2.05) is 30.3 Å². The number of phenols is 1. The van der Waals surface area contributed by atoms with Crippen molar-refractivity contribution in [1.29, 1.82) is 0 Å². The van der Waals surface area contributed by atoms with Gasteiger partial charge in [0.15, 0.2) is 23.0 Å². The van der Waals surface area contributed by atoms with Gasteiger partial charge in [-0.3, -0.25) is 0 Å². The zero-order valence-electron chi connectivity index (χ0n) is 17.8. The Kier molecular flexibility index (Phi) is 5.12. The van der Waals surface area contributed by atoms with E-state index in [2.05, 4.69) is 26.0 Å². The molecule has 0 bridgehead atoms. The molecule has 0 radical (unpaired) electrons. The van der Waals surface area contributed by atoms with E-state index in [9.17, 15) is 5.11 Å². The predicted molar refractivity (Wildman–Crippen MR) is 119 cm³/mol. The van der Waals surface area contributed by atoms with E-state index in [4.69, 9.17) is 19.2 Å². The second-order valence-corrected chi connectivity index (χ2v) is 7.50. The number of hydrogen-bond acceptors (Lipinski definition) is 5. The van der Waals surface area contributed by atoms with Crippen molar-refractivity contribution in [2.75, 3.05) is 21.3 Å². The van der Waals surface area contributed by atoms with Gasteiger partial charge in [-0.2, -0.15) is 0 Å². The van der Waals surface area contributed by atoms with Crippen LogP contribution in [0.3, 0.4) is 0 Å². The third-order valence-electron chi connectivity index (χ3n) is 5.47. The first-order chi connectivity index (χ1) is 14.5. The number of aromatic hydroxyl groups is 1. The molecule has 5 nitrogen and oxygen atoms in total. The van der Waals surface area contributed by atoms with Crippen LogP contribution in [0.2, 0.25) is 0 Å². The van der Waals surface area contributed by atoms with E-state index in [1.165, 1.54) is 12.7 Å². The molecule has 0 unspecified atom stereocenters. The summed E-state index contributed by atoms with van der Waals surface area (Å²) in [6.45, 7) is 4.32. The summed E-state index contributed by atoms with van der Waals surface area (Å²) in [4.78, 5) is 4.91. The van der Waals surface area contributed by atoms with Crippen molar-refractivity contribution in [2.45, 2.75) is 19.8 Å². The standard InChI is InChI=1S/C25H25NO4/c1-14(2)15-6-8-16(9-7-15)26-24-19-13-22(30-5)21(29-4)12-18(19)17-10-11-20(28-3)25(27)23(17)24/h6-14,27H,1-5H3. The van der Waals surface area contributed by atoms with Gasteiger partial charge in [-0.1, -0.05) is 26.0 Å². The zero-order valence-corrected chi connectivity index (χ0v) is 17.8. The van der Waals surface area contributed by atoms with E-state index in [-0.39, 0.29) is 5.75 Å². The van der Waals surface area contributed by atoms with Crippen LogP contribution in [0.5, 0.6) is 23.0 Å². The summed E-state index contributed by atoms with van der Waals surface area (Å²) in [7, 11) is 4.75. The lowest BCUT2D eigenvalue weighted by molar-refractivity contribution is 0.355. The molecule has 0 saturated heterocycles. The van der Waals surface area contributed by atoms with E-state index in [0.717, 1.165) is 22.4 Å². The Morgan fingerprint density at radius 1 is 0.733 bits per heavy atom. The maximum Gasteiger partial charge on any atom is 0.167 e. The molecule has 5 heteroatoms. The summed E-state index contributed by atoms with van der Waals surface area (Å²) in [6.07, 6.45) is 0. The molecule has 154 valence electrons. The number of hydrogen-bond donors (Lipinski definition) is 1. The minimum Gasteiger partial charge on any atom is -0.504 e. The number of aliphatic imine (C=N–C) groups is 1. The zero-order chi connectivity index (χ0) is 21.4. The number of fused-ring (bicyclic) bond motifs is 3. The minimum atomic E-state index is 0.0710. The monoisotopic (exact) mass is 403 g/mol. The molecule has 1 aliphatic rings. The molecule has 3 aromatic rings. The summed E-state index contributed by atoms with van der Waals surface area (Å²) in [6, 6.07) is 15.7. The van der Waals surface area contributed by atoms with Gasteiger partial charge in [-0.15, -0.1) is 0 Å². The molecule has 0 aliphatic heterocycles. The predicted octanol–water partition coefficient (Wildman–Crippen LogP) is 5.69. The Bertz CT molecular complexity index is 1130. The van der Waals surface area contributed by atoms with Gasteiger partial charge in [0, 0.05) is 5.56 Å². The van der Waals surface area contributed by atoms with Crippen LogP contribution >= 0.6 is 0 Å². The third kappa shape index (κ3) is 3.16. The molecule has 0 saturated carbocycles. The molecule has 4 rings (SSSR count). The van der Waals surface area contributed by atoms with Gasteiger partial charge in [0.2, 0.25) is 0 Å². The van der Waals surface area contributed by atoms with E-state index in [0.29, 0.717) is 34.4 Å². The van der Waals surface area contributed by atoms with Crippen molar-refractivity contribution in [3.8, 4) is 34.1 Å². The van der Waals surface area contributed by atoms with Gasteiger partial charge in [0.25, 0.3) is 0 Å². The lowest BCUT2D eigenvalue weighted by atomic mass is 10.0. The first-order valence-electron chi connectivity index (χ1n) is 9.84. The SMILES string of the molecule is COc1cc2c(cc1OC)-c1ccc(OC)c(O)c1C2=Nc1ccc(C(C)C)cc1. The first kappa shape index (κ1) is 19.8. The fourth-order valence-corrected chi connectivity index (χ4v) is 3.81. The summed E-state index contributed by atoms with van der Waals surface area (Å²) in [5.74, 6) is 2.16. The van der Waals surface area contributed by atoms with Gasteiger partial charge < -0.3 is 19.3 Å². The maximum absolute atomic E-state index is 10.9. The molecule has 1 N–H and O–H groups in total. The smallest absolute Gasteiger partial charge is 0.167 e. The fourth-order valence-electron chi connectivity index (χ4n) is 3.81. The highest BCUT2D eigenvalue weighted by Gasteiger charge is 2.31. The molecular weight excluding hydrogens is 378 g/mol. The summed E-state index contributed by atoms with van der Waals surface area (Å²) < 4.78 is 16.3. The number of benzene rings is 3. The number of nitrogens with zero attached hydrogens (tertiary/aromatic N) is 1. The third-order valence-corrected chi connectivity index (χ3v) is 5.47. The Morgan fingerprint density at radius 2 is 1.33 bits per heavy atom. The molecule has 0 aromatic heterocycles. The van der Waals surface area contributed by atoms with Crippen molar-refractivity contribution >= 4 is 11.4 Å². The highest BCUT2D eigenvalue weighted by atomic mass is 16.5. The van der Waals surface area contributed by atoms with Crippen molar-refractivity contribution in [3.05, 3.63) is 65.2 Å². The lowest BCUT2D eigenvalue weighted by Gasteiger charge is -2.11. The quantitative estimate of drug-likeness (QED) is 0.465. The molecule has 3 aromatic carbocycles. The number of rotatable bonds is 5. The maximum atomic E-state index is 10.9. The normalized spacial score (nSPS) is 13.3. The summed E-state index contributed by atoms with van der Waals surface area (Å²) in [5.41, 5.74) is 6.06. The molecule has 0 heterocycles. The minimum absolute atomic E-state index is 0.0710. The second-order valence-electron chi connectivity index (χ2n) is 7.50. The average molecular weight is 403 g/mol. The van der Waals surface area contributed by atoms with Crippen LogP contribution < -0.4 is 14.2 Å². The van der Waals surface area contributed by atoms with E-state index in [1.54, 1.807) is 20.3 Å². The van der Waals surface area contributed by atoms with Crippen molar-refractivity contribution in [3.63, 3.8) is 0 Å². The summed E-state index contributed by atoms with van der Waals surface area (Å²) >= 11 is 0. The Hall–Kier alpha value is -3.47. The molecule has 0 amide bonds. The Labute approximate surface area is 176 Å². The number of methoxy groups -OCH3 is 3. The number of phenolic OH excluding ortho intramolecular Hbond substituents is 1. The lowest BCUT2D eigenvalue weighted by Crippen LogP contribution is -2.00. The topological polar surface area (TPSA) is 60.3 Å². The van der Waals surface area contributed by atoms with E-state index < -0.39 is 0 Å². The first-order valence-corrected chi connectivity index (χ1v) is 9.84. The highest BCUT2D eigenvalue weighted by molar-refractivity contribution is 6.27. The van der Waals surface area contributed by atoms with E-state index >= 15 is 0 Å². The molecule has 0 spiro atoms. The fraction of sp³-hybridized carbons (Fsp3) is 0.240. The summed E-state index contributed by atoms with van der Waals surface area (Å²) in [5, 5.41) is 10.9. The van der Waals surface area contributed by atoms with Crippen LogP contribution in [0.15, 0.2) is 53.5 Å². The Balaban J connectivity index is 1.96. The van der Waals surface area contributed by atoms with Crippen LogP contribution in [-0.4, -0.2) is 32.1 Å². The van der Waals surface area contributed by atoms with Gasteiger partial charge in [0.05, 0.1) is 38.3 Å². The van der Waals surface area contributed by atoms with Gasteiger partial charge in [0.1, 0.15) is 0 Å². The molecule has 0 fully saturated rings. The number of ether oxygens (including phenoxy) is 3. The molecule has 1 aliphatic carbocycles. The van der Waals surface area contributed by atoms with Gasteiger partial charge in [-0.05, 0) is 59.0 Å². The van der Waals surface area contributed by atoms with Gasteiger partial charge >= 0.3 is 0 Å². The van der Waals surface area contributed by atoms with Gasteiger partial charge in [-0.25, -0.2) is 4.99 Å².